The molecule has 1 aromatic rings. The second-order valence-corrected chi connectivity index (χ2v) is 2.72. The van der Waals surface area contributed by atoms with Crippen LogP contribution in [0.25, 0.3) is 0 Å². The Morgan fingerprint density at radius 2 is 1.92 bits per heavy atom. The summed E-state index contributed by atoms with van der Waals surface area (Å²) >= 11 is 0. The van der Waals surface area contributed by atoms with Crippen LogP contribution in [0, 0.1) is 6.92 Å². The van der Waals surface area contributed by atoms with E-state index in [4.69, 9.17) is 11.5 Å². The van der Waals surface area contributed by atoms with Crippen LogP contribution in [0.2, 0.25) is 0 Å². The van der Waals surface area contributed by atoms with Gasteiger partial charge in [-0.2, -0.15) is 0 Å². The lowest BCUT2D eigenvalue weighted by molar-refractivity contribution is -0.456. The van der Waals surface area contributed by atoms with Crippen molar-refractivity contribution in [2.24, 2.45) is 16.6 Å². The highest BCUT2D eigenvalue weighted by Crippen LogP contribution is 1.98. The van der Waals surface area contributed by atoms with Crippen LogP contribution < -0.4 is 16.6 Å². The molecule has 4 nitrogen and oxygen atoms in total. The number of guanidine groups is 1. The molecule has 0 saturated carbocycles. The van der Waals surface area contributed by atoms with E-state index in [0.29, 0.717) is 0 Å². The molecule has 0 spiro atoms. The van der Waals surface area contributed by atoms with Crippen molar-refractivity contribution in [3.05, 3.63) is 35.4 Å². The summed E-state index contributed by atoms with van der Waals surface area (Å²) in [7, 11) is 0. The molecule has 0 aromatic heterocycles. The summed E-state index contributed by atoms with van der Waals surface area (Å²) < 4.78 is 0. The maximum absolute atomic E-state index is 5.13. The number of benzene rings is 1. The minimum Gasteiger partial charge on any atom is -0.365 e. The molecule has 0 aliphatic rings. The predicted octanol–water partition coefficient (Wildman–Crippen LogP) is -1.32. The molecule has 0 atom stereocenters. The molecular weight excluding hydrogens is 164 g/mol. The first-order chi connectivity index (χ1) is 6.18. The van der Waals surface area contributed by atoms with E-state index in [1.807, 2.05) is 31.2 Å². The zero-order valence-corrected chi connectivity index (χ0v) is 7.49. The van der Waals surface area contributed by atoms with Crippen LogP contribution in [0.5, 0.6) is 0 Å². The van der Waals surface area contributed by atoms with Gasteiger partial charge in [-0.25, -0.2) is 0 Å². The fourth-order valence-electron chi connectivity index (χ4n) is 0.844. The Labute approximate surface area is 77.0 Å². The summed E-state index contributed by atoms with van der Waals surface area (Å²) in [5, 5.41) is 6.24. The van der Waals surface area contributed by atoms with Gasteiger partial charge >= 0.3 is 0 Å². The molecule has 0 saturated heterocycles. The molecule has 0 aliphatic carbocycles. The van der Waals surface area contributed by atoms with Crippen LogP contribution in [0.3, 0.4) is 0 Å². The van der Waals surface area contributed by atoms with Gasteiger partial charge in [0.1, 0.15) is 0 Å². The minimum absolute atomic E-state index is 0.0170. The Morgan fingerprint density at radius 1 is 1.31 bits per heavy atom. The van der Waals surface area contributed by atoms with E-state index in [0.717, 1.165) is 5.56 Å². The molecule has 4 heteroatoms. The van der Waals surface area contributed by atoms with Gasteiger partial charge in [0.25, 0.3) is 5.96 Å². The number of hydrazone groups is 1. The molecule has 1 rings (SSSR count). The molecule has 5 N–H and O–H groups in total. The first kappa shape index (κ1) is 9.25. The van der Waals surface area contributed by atoms with E-state index in [1.54, 1.807) is 6.21 Å². The van der Waals surface area contributed by atoms with Crippen LogP contribution in [-0.2, 0) is 0 Å². The van der Waals surface area contributed by atoms with E-state index in [9.17, 15) is 0 Å². The summed E-state index contributed by atoms with van der Waals surface area (Å²) in [4.78, 5) is 0. The summed E-state index contributed by atoms with van der Waals surface area (Å²) in [6.45, 7) is 2.03. The van der Waals surface area contributed by atoms with Crippen molar-refractivity contribution in [1.29, 1.82) is 0 Å². The van der Waals surface area contributed by atoms with E-state index >= 15 is 0 Å². The molecule has 0 radical (unpaired) electrons. The second kappa shape index (κ2) is 4.25. The lowest BCUT2D eigenvalue weighted by Crippen LogP contribution is -2.63. The zero-order chi connectivity index (χ0) is 9.68. The Bertz CT molecular complexity index is 320. The van der Waals surface area contributed by atoms with Gasteiger partial charge in [-0.05, 0) is 19.1 Å². The molecule has 68 valence electrons. The van der Waals surface area contributed by atoms with Gasteiger partial charge in [0.2, 0.25) is 6.21 Å². The number of nitrogens with two attached hydrogens (primary N) is 2. The second-order valence-electron chi connectivity index (χ2n) is 2.72. The quantitative estimate of drug-likeness (QED) is 0.298. The lowest BCUT2D eigenvalue weighted by Gasteiger charge is -1.89. The van der Waals surface area contributed by atoms with E-state index in [-0.39, 0.29) is 5.96 Å². The zero-order valence-electron chi connectivity index (χ0n) is 7.49. The highest BCUT2D eigenvalue weighted by molar-refractivity contribution is 5.76. The highest BCUT2D eigenvalue weighted by atomic mass is 15.3. The Morgan fingerprint density at radius 3 is 2.46 bits per heavy atom. The number of hydrogen-bond donors (Lipinski definition) is 3. The largest absolute Gasteiger partial charge is 0.365 e. The summed E-state index contributed by atoms with van der Waals surface area (Å²) in [5.74, 6) is 0.0170. The highest BCUT2D eigenvalue weighted by Gasteiger charge is 1.90. The summed E-state index contributed by atoms with van der Waals surface area (Å²) in [6, 6.07) is 7.99. The molecule has 1 aromatic carbocycles. The topological polar surface area (TPSA) is 78.4 Å². The Kier molecular flexibility index (Phi) is 3.03. The number of nitrogens with one attached hydrogen (secondary N) is 1. The average molecular weight is 177 g/mol. The van der Waals surface area contributed by atoms with Crippen LogP contribution in [0.1, 0.15) is 11.1 Å². The standard InChI is InChI=1S/C9H12N4/c1-7-2-4-8(5-3-7)6-12-13-9(10)11/h2-6H,1H3,(H4,10,11,13)/p+1. The van der Waals surface area contributed by atoms with E-state index in [1.165, 1.54) is 5.56 Å². The molecular formula is C9H13N4+. The fraction of sp³-hybridized carbons (Fsp3) is 0.111. The van der Waals surface area contributed by atoms with Crippen LogP contribution in [0.15, 0.2) is 29.4 Å². The minimum atomic E-state index is 0.0170. The molecule has 0 aliphatic heterocycles. The van der Waals surface area contributed by atoms with Crippen molar-refractivity contribution < 1.29 is 5.10 Å². The van der Waals surface area contributed by atoms with Gasteiger partial charge in [-0.3, -0.25) is 0 Å². The third-order valence-corrected chi connectivity index (χ3v) is 1.50. The third-order valence-electron chi connectivity index (χ3n) is 1.50. The van der Waals surface area contributed by atoms with E-state index in [2.05, 4.69) is 10.2 Å². The smallest absolute Gasteiger partial charge is 0.256 e. The fourth-order valence-corrected chi connectivity index (χ4v) is 0.844. The molecule has 13 heavy (non-hydrogen) atoms. The Hall–Kier alpha value is -1.84. The van der Waals surface area contributed by atoms with Gasteiger partial charge in [-0.15, -0.1) is 5.10 Å². The molecule has 0 amide bonds. The lowest BCUT2D eigenvalue weighted by atomic mass is 10.2. The number of nitrogens with zero attached hydrogens (tertiary/aromatic N) is 1. The number of hydrogen-bond acceptors (Lipinski definition) is 1. The molecule has 0 bridgehead atoms. The van der Waals surface area contributed by atoms with Crippen LogP contribution >= 0.6 is 0 Å². The van der Waals surface area contributed by atoms with E-state index < -0.39 is 0 Å². The van der Waals surface area contributed by atoms with Gasteiger partial charge in [0.05, 0.1) is 0 Å². The van der Waals surface area contributed by atoms with Crippen LogP contribution in [-0.4, -0.2) is 12.2 Å². The van der Waals surface area contributed by atoms with Crippen molar-refractivity contribution in [3.63, 3.8) is 0 Å². The monoisotopic (exact) mass is 177 g/mol. The van der Waals surface area contributed by atoms with Crippen molar-refractivity contribution in [2.45, 2.75) is 6.92 Å². The number of rotatable bonds is 2. The average Bonchev–Trinajstić information content (AvgIpc) is 2.08. The first-order valence-corrected chi connectivity index (χ1v) is 3.92. The van der Waals surface area contributed by atoms with Gasteiger partial charge in [-0.1, -0.05) is 17.7 Å². The normalized spacial score (nSPS) is 10.2. The summed E-state index contributed by atoms with van der Waals surface area (Å²) in [6.07, 6.45) is 1.72. The van der Waals surface area contributed by atoms with Crippen molar-refractivity contribution in [2.75, 3.05) is 0 Å². The summed E-state index contributed by atoms with van der Waals surface area (Å²) in [5.41, 5.74) is 12.5. The Balaban J connectivity index is 2.70. The van der Waals surface area contributed by atoms with Gasteiger partial charge in [0.15, 0.2) is 0 Å². The SMILES string of the molecule is Cc1ccc(C=[NH+]N=C(N)N)cc1. The third kappa shape index (κ3) is 3.37. The molecule has 0 unspecified atom stereocenters. The molecule has 0 fully saturated rings. The maximum atomic E-state index is 5.13. The van der Waals surface area contributed by atoms with Gasteiger partial charge in [0, 0.05) is 10.7 Å². The maximum Gasteiger partial charge on any atom is 0.256 e. The van der Waals surface area contributed by atoms with Gasteiger partial charge < -0.3 is 11.5 Å². The predicted molar refractivity (Wildman–Crippen MR) is 53.1 cm³/mol. The molecule has 0 heterocycles. The van der Waals surface area contributed by atoms with Crippen molar-refractivity contribution in [1.82, 2.24) is 0 Å². The van der Waals surface area contributed by atoms with Crippen molar-refractivity contribution in [3.8, 4) is 0 Å². The van der Waals surface area contributed by atoms with Crippen LogP contribution in [0.4, 0.5) is 0 Å². The number of aryl methyl sites for hydroxylation is 1. The van der Waals surface area contributed by atoms with Crippen molar-refractivity contribution >= 4 is 12.2 Å². The first-order valence-electron chi connectivity index (χ1n) is 3.92.